The van der Waals surface area contributed by atoms with E-state index < -0.39 is 17.7 Å². The van der Waals surface area contributed by atoms with Crippen LogP contribution in [0.5, 0.6) is 11.5 Å². The number of ether oxygens (including phenoxy) is 2. The minimum atomic E-state index is -0.927. The van der Waals surface area contributed by atoms with Crippen molar-refractivity contribution < 1.29 is 28.2 Å². The SMILES string of the molecule is COc1cc(Nc2ncc(F)c(-c3cc(F)c4c(c3)N(C(C)C)CCO4)n2)ccc1N1CCN(C(=O)O)CC1. The van der Waals surface area contributed by atoms with Crippen LogP contribution in [-0.4, -0.2) is 78.5 Å². The average molecular weight is 541 g/mol. The summed E-state index contributed by atoms with van der Waals surface area (Å²) in [5, 5.41) is 12.3. The molecule has 0 spiro atoms. The molecule has 2 N–H and O–H groups in total. The minimum absolute atomic E-state index is 0.0385. The lowest BCUT2D eigenvalue weighted by molar-refractivity contribution is 0.142. The number of anilines is 4. The first-order valence-corrected chi connectivity index (χ1v) is 12.7. The Morgan fingerprint density at radius 3 is 2.54 bits per heavy atom. The molecule has 39 heavy (non-hydrogen) atoms. The molecule has 1 fully saturated rings. The van der Waals surface area contributed by atoms with Gasteiger partial charge in [-0.25, -0.2) is 23.5 Å². The predicted octanol–water partition coefficient (Wildman–Crippen LogP) is 4.58. The van der Waals surface area contributed by atoms with Gasteiger partial charge in [-0.15, -0.1) is 0 Å². The van der Waals surface area contributed by atoms with Crippen LogP contribution in [0.2, 0.25) is 0 Å². The fraction of sp³-hybridized carbons (Fsp3) is 0.370. The van der Waals surface area contributed by atoms with Gasteiger partial charge in [0.25, 0.3) is 0 Å². The van der Waals surface area contributed by atoms with Crippen LogP contribution in [0.1, 0.15) is 13.8 Å². The summed E-state index contributed by atoms with van der Waals surface area (Å²) in [6.45, 7) is 6.85. The lowest BCUT2D eigenvalue weighted by Gasteiger charge is -2.35. The summed E-state index contributed by atoms with van der Waals surface area (Å²) in [5.74, 6) is -0.392. The lowest BCUT2D eigenvalue weighted by Crippen LogP contribution is -2.48. The highest BCUT2D eigenvalue weighted by atomic mass is 19.1. The molecular weight excluding hydrogens is 510 g/mol. The van der Waals surface area contributed by atoms with Crippen LogP contribution >= 0.6 is 0 Å². The molecule has 12 heteroatoms. The third kappa shape index (κ3) is 5.31. The summed E-state index contributed by atoms with van der Waals surface area (Å²) >= 11 is 0. The number of aromatic nitrogens is 2. The maximum Gasteiger partial charge on any atom is 0.407 e. The van der Waals surface area contributed by atoms with E-state index in [1.165, 1.54) is 11.0 Å². The quantitative estimate of drug-likeness (QED) is 0.465. The Morgan fingerprint density at radius 2 is 1.85 bits per heavy atom. The van der Waals surface area contributed by atoms with Gasteiger partial charge >= 0.3 is 6.09 Å². The van der Waals surface area contributed by atoms with Crippen molar-refractivity contribution in [2.45, 2.75) is 19.9 Å². The number of amides is 1. The molecule has 2 aromatic carbocycles. The van der Waals surface area contributed by atoms with E-state index in [0.717, 1.165) is 11.9 Å². The number of nitrogens with zero attached hydrogens (tertiary/aromatic N) is 5. The second-order valence-electron chi connectivity index (χ2n) is 9.60. The fourth-order valence-corrected chi connectivity index (χ4v) is 4.89. The zero-order chi connectivity index (χ0) is 27.7. The first-order chi connectivity index (χ1) is 18.7. The summed E-state index contributed by atoms with van der Waals surface area (Å²) in [4.78, 5) is 25.1. The molecule has 0 bridgehead atoms. The number of carboxylic acid groups (broad SMARTS) is 1. The van der Waals surface area contributed by atoms with Gasteiger partial charge in [0.05, 0.1) is 31.2 Å². The Balaban J connectivity index is 1.40. The number of nitrogens with one attached hydrogen (secondary N) is 1. The maximum absolute atomic E-state index is 15.0. The van der Waals surface area contributed by atoms with Crippen molar-refractivity contribution in [3.8, 4) is 22.8 Å². The van der Waals surface area contributed by atoms with Crippen molar-refractivity contribution in [2.24, 2.45) is 0 Å². The van der Waals surface area contributed by atoms with Gasteiger partial charge < -0.3 is 34.6 Å². The summed E-state index contributed by atoms with van der Waals surface area (Å²) in [6, 6.07) is 8.45. The molecule has 0 aliphatic carbocycles. The summed E-state index contributed by atoms with van der Waals surface area (Å²) < 4.78 is 41.0. The van der Waals surface area contributed by atoms with Gasteiger partial charge in [0, 0.05) is 49.5 Å². The molecule has 0 radical (unpaired) electrons. The molecule has 10 nitrogen and oxygen atoms in total. The van der Waals surface area contributed by atoms with Crippen LogP contribution in [0.25, 0.3) is 11.3 Å². The molecule has 3 aromatic rings. The van der Waals surface area contributed by atoms with Crippen molar-refractivity contribution in [3.05, 3.63) is 48.2 Å². The number of fused-ring (bicyclic) bond motifs is 1. The predicted molar refractivity (Wildman–Crippen MR) is 143 cm³/mol. The Morgan fingerprint density at radius 1 is 1.08 bits per heavy atom. The molecule has 2 aliphatic heterocycles. The molecule has 2 aliphatic rings. The van der Waals surface area contributed by atoms with Crippen LogP contribution in [0.15, 0.2) is 36.5 Å². The van der Waals surface area contributed by atoms with Gasteiger partial charge in [-0.1, -0.05) is 0 Å². The first kappa shape index (κ1) is 26.3. The minimum Gasteiger partial charge on any atom is -0.495 e. The maximum atomic E-state index is 15.0. The summed E-state index contributed by atoms with van der Waals surface area (Å²) in [5.41, 5.74) is 2.23. The number of hydrogen-bond acceptors (Lipinski definition) is 8. The Kier molecular flexibility index (Phi) is 7.27. The normalized spacial score (nSPS) is 15.2. The molecule has 0 saturated carbocycles. The Hall–Kier alpha value is -4.35. The third-order valence-corrected chi connectivity index (χ3v) is 6.88. The van der Waals surface area contributed by atoms with Crippen molar-refractivity contribution >= 4 is 29.1 Å². The Labute approximate surface area is 224 Å². The molecule has 1 saturated heterocycles. The van der Waals surface area contributed by atoms with Gasteiger partial charge in [-0.05, 0) is 38.1 Å². The number of rotatable bonds is 6. The van der Waals surface area contributed by atoms with Crippen molar-refractivity contribution in [1.29, 1.82) is 0 Å². The molecule has 0 unspecified atom stereocenters. The van der Waals surface area contributed by atoms with E-state index in [-0.39, 0.29) is 29.0 Å². The number of benzene rings is 2. The fourth-order valence-electron chi connectivity index (χ4n) is 4.89. The smallest absolute Gasteiger partial charge is 0.407 e. The van der Waals surface area contributed by atoms with Gasteiger partial charge in [-0.3, -0.25) is 0 Å². The van der Waals surface area contributed by atoms with Gasteiger partial charge in [-0.2, -0.15) is 0 Å². The number of carbonyl (C=O) groups is 1. The second kappa shape index (κ2) is 10.8. The highest BCUT2D eigenvalue weighted by molar-refractivity contribution is 5.74. The number of piperazine rings is 1. The Bertz CT molecular complexity index is 1380. The van der Waals surface area contributed by atoms with Crippen molar-refractivity contribution in [3.63, 3.8) is 0 Å². The second-order valence-corrected chi connectivity index (χ2v) is 9.60. The first-order valence-electron chi connectivity index (χ1n) is 12.7. The highest BCUT2D eigenvalue weighted by Crippen LogP contribution is 2.39. The molecule has 0 atom stereocenters. The van der Waals surface area contributed by atoms with Gasteiger partial charge in [0.2, 0.25) is 5.95 Å². The molecular formula is C27H30F2N6O4. The van der Waals surface area contributed by atoms with Crippen LogP contribution in [0.3, 0.4) is 0 Å². The van der Waals surface area contributed by atoms with Crippen LogP contribution in [0.4, 0.5) is 36.6 Å². The lowest BCUT2D eigenvalue weighted by atomic mass is 10.1. The van der Waals surface area contributed by atoms with Crippen LogP contribution in [-0.2, 0) is 0 Å². The van der Waals surface area contributed by atoms with E-state index in [1.54, 1.807) is 19.2 Å². The van der Waals surface area contributed by atoms with Crippen LogP contribution in [0, 0.1) is 11.6 Å². The number of methoxy groups -OCH3 is 1. The van der Waals surface area contributed by atoms with Crippen molar-refractivity contribution in [2.75, 3.05) is 61.6 Å². The monoisotopic (exact) mass is 540 g/mol. The average Bonchev–Trinajstić information content (AvgIpc) is 2.93. The topological polar surface area (TPSA) is 103 Å². The number of hydrogen-bond donors (Lipinski definition) is 2. The number of halogens is 2. The van der Waals surface area contributed by atoms with Crippen molar-refractivity contribution in [1.82, 2.24) is 14.9 Å². The zero-order valence-electron chi connectivity index (χ0n) is 21.9. The molecule has 206 valence electrons. The van der Waals surface area contributed by atoms with E-state index in [0.29, 0.717) is 56.5 Å². The largest absolute Gasteiger partial charge is 0.495 e. The van der Waals surface area contributed by atoms with E-state index >= 15 is 0 Å². The highest BCUT2D eigenvalue weighted by Gasteiger charge is 2.26. The van der Waals surface area contributed by atoms with E-state index in [4.69, 9.17) is 9.47 Å². The summed E-state index contributed by atoms with van der Waals surface area (Å²) in [6.07, 6.45) is 0.121. The molecule has 5 rings (SSSR count). The molecule has 1 aromatic heterocycles. The van der Waals surface area contributed by atoms with Gasteiger partial charge in [0.15, 0.2) is 17.4 Å². The summed E-state index contributed by atoms with van der Waals surface area (Å²) in [7, 11) is 1.55. The third-order valence-electron chi connectivity index (χ3n) is 6.88. The molecule has 1 amide bonds. The van der Waals surface area contributed by atoms with E-state index in [1.807, 2.05) is 30.9 Å². The van der Waals surface area contributed by atoms with Crippen LogP contribution < -0.4 is 24.6 Å². The van der Waals surface area contributed by atoms with E-state index in [2.05, 4.69) is 20.2 Å². The molecule has 3 heterocycles. The van der Waals surface area contributed by atoms with E-state index in [9.17, 15) is 18.7 Å². The zero-order valence-corrected chi connectivity index (χ0v) is 21.9. The van der Waals surface area contributed by atoms with Gasteiger partial charge in [0.1, 0.15) is 18.1 Å². The standard InChI is InChI=1S/C27H30F2N6O4/c1-16(2)35-10-11-39-25-19(28)12-17(13-22(25)35)24-20(29)15-30-26(32-24)31-18-4-5-21(23(14-18)38-3)33-6-8-34(9-7-33)27(36)37/h4-5,12-16H,6-11H2,1-3H3,(H,36,37)(H,30,31,32).